The van der Waals surface area contributed by atoms with E-state index < -0.39 is 25.5 Å². The molecule has 0 aromatic heterocycles. The number of carboxylic acid groups (broad SMARTS) is 1. The summed E-state index contributed by atoms with van der Waals surface area (Å²) in [7, 11) is -3.47. The van der Waals surface area contributed by atoms with Crippen LogP contribution in [0, 0.1) is 5.92 Å². The fourth-order valence-electron chi connectivity index (χ4n) is 2.32. The van der Waals surface area contributed by atoms with Gasteiger partial charge < -0.3 is 19.5 Å². The van der Waals surface area contributed by atoms with E-state index in [9.17, 15) is 14.2 Å². The van der Waals surface area contributed by atoms with Crippen molar-refractivity contribution in [2.75, 3.05) is 25.9 Å². The maximum absolute atomic E-state index is 12.3. The van der Waals surface area contributed by atoms with Gasteiger partial charge in [-0.15, -0.1) is 0 Å². The third-order valence-corrected chi connectivity index (χ3v) is 5.14. The molecule has 7 nitrogen and oxygen atoms in total. The highest BCUT2D eigenvalue weighted by molar-refractivity contribution is 7.54. The van der Waals surface area contributed by atoms with Gasteiger partial charge in [0, 0.05) is 5.92 Å². The number of Topliss-reactive ketones (excluding diaryl/α,β-unsaturated/α-hetero) is 1. The molecule has 1 rings (SSSR count). The molecule has 2 atom stereocenters. The summed E-state index contributed by atoms with van der Waals surface area (Å²) >= 11 is 0. The first-order valence-electron chi connectivity index (χ1n) is 6.80. The lowest BCUT2D eigenvalue weighted by Gasteiger charge is -2.29. The minimum absolute atomic E-state index is 0.176. The molecule has 1 saturated heterocycles. The smallest absolute Gasteiger partial charge is 0.338 e. The molecule has 0 radical (unpaired) electrons. The Morgan fingerprint density at radius 1 is 1.30 bits per heavy atom. The summed E-state index contributed by atoms with van der Waals surface area (Å²) in [5.41, 5.74) is 0. The summed E-state index contributed by atoms with van der Waals surface area (Å²) in [6, 6.07) is -0.923. The number of aliphatic carboxylic acids is 1. The Morgan fingerprint density at radius 2 is 1.90 bits per heavy atom. The van der Waals surface area contributed by atoms with Gasteiger partial charge in [0.1, 0.15) is 18.0 Å². The van der Waals surface area contributed by atoms with Crippen molar-refractivity contribution in [3.8, 4) is 0 Å². The minimum atomic E-state index is -3.47. The van der Waals surface area contributed by atoms with Gasteiger partial charge in [0.2, 0.25) is 0 Å². The number of hydrogen-bond acceptors (Lipinski definition) is 6. The second-order valence-electron chi connectivity index (χ2n) is 4.59. The fourth-order valence-corrected chi connectivity index (χ4v) is 3.98. The molecular weight excluding hydrogens is 285 g/mol. The molecular formula is C12H22NO6P. The first-order chi connectivity index (χ1) is 9.43. The van der Waals surface area contributed by atoms with E-state index in [2.05, 4.69) is 5.32 Å². The van der Waals surface area contributed by atoms with Crippen LogP contribution in [0.2, 0.25) is 0 Å². The van der Waals surface area contributed by atoms with Gasteiger partial charge in [-0.3, -0.25) is 14.2 Å². The average molecular weight is 307 g/mol. The second-order valence-corrected chi connectivity index (χ2v) is 6.64. The molecule has 20 heavy (non-hydrogen) atoms. The van der Waals surface area contributed by atoms with Crippen LogP contribution in [0.25, 0.3) is 0 Å². The zero-order chi connectivity index (χ0) is 15.2. The van der Waals surface area contributed by atoms with Gasteiger partial charge >= 0.3 is 13.6 Å². The van der Waals surface area contributed by atoms with Gasteiger partial charge in [0.15, 0.2) is 0 Å². The summed E-state index contributed by atoms with van der Waals surface area (Å²) in [5.74, 6) is -2.13. The first kappa shape index (κ1) is 17.3. The Morgan fingerprint density at radius 3 is 2.40 bits per heavy atom. The van der Waals surface area contributed by atoms with Gasteiger partial charge in [-0.2, -0.15) is 0 Å². The van der Waals surface area contributed by atoms with Crippen molar-refractivity contribution in [3.63, 3.8) is 0 Å². The van der Waals surface area contributed by atoms with E-state index in [-0.39, 0.29) is 25.2 Å². The molecule has 0 aliphatic carbocycles. The monoisotopic (exact) mass is 307 g/mol. The quantitative estimate of drug-likeness (QED) is 0.651. The van der Waals surface area contributed by atoms with Crippen LogP contribution in [0.15, 0.2) is 0 Å². The Hall–Kier alpha value is -0.750. The molecule has 0 amide bonds. The lowest BCUT2D eigenvalue weighted by molar-refractivity contribution is -0.144. The van der Waals surface area contributed by atoms with Crippen molar-refractivity contribution >= 4 is 19.3 Å². The summed E-state index contributed by atoms with van der Waals surface area (Å²) in [4.78, 5) is 23.4. The van der Waals surface area contributed by atoms with E-state index in [1.165, 1.54) is 0 Å². The Bertz CT molecular complexity index is 389. The molecule has 0 unspecified atom stereocenters. The zero-order valence-corrected chi connectivity index (χ0v) is 12.7. The van der Waals surface area contributed by atoms with Crippen LogP contribution in [0.4, 0.5) is 0 Å². The van der Waals surface area contributed by atoms with Gasteiger partial charge in [0.25, 0.3) is 0 Å². The van der Waals surface area contributed by atoms with Crippen molar-refractivity contribution < 1.29 is 28.3 Å². The lowest BCUT2D eigenvalue weighted by atomic mass is 9.88. The van der Waals surface area contributed by atoms with Crippen LogP contribution in [-0.2, 0) is 23.2 Å². The number of carbonyl (C=O) groups is 2. The number of ketones is 1. The Kier molecular flexibility index (Phi) is 6.82. The maximum Gasteiger partial charge on any atom is 0.338 e. The molecule has 116 valence electrons. The lowest BCUT2D eigenvalue weighted by Crippen LogP contribution is -2.50. The van der Waals surface area contributed by atoms with E-state index in [1.807, 2.05) is 0 Å². The van der Waals surface area contributed by atoms with Crippen molar-refractivity contribution in [2.45, 2.75) is 32.7 Å². The summed E-state index contributed by atoms with van der Waals surface area (Å²) in [6.45, 7) is 4.25. The molecule has 8 heteroatoms. The van der Waals surface area contributed by atoms with Gasteiger partial charge in [0.05, 0.1) is 13.2 Å². The van der Waals surface area contributed by atoms with Gasteiger partial charge in [-0.05, 0) is 33.2 Å². The third-order valence-electron chi connectivity index (χ3n) is 3.14. The van der Waals surface area contributed by atoms with Gasteiger partial charge in [-0.1, -0.05) is 0 Å². The van der Waals surface area contributed by atoms with Crippen LogP contribution in [0.5, 0.6) is 0 Å². The number of carbonyl (C=O) groups excluding carboxylic acids is 1. The highest BCUT2D eigenvalue weighted by atomic mass is 31.2. The van der Waals surface area contributed by atoms with E-state index >= 15 is 0 Å². The first-order valence-corrected chi connectivity index (χ1v) is 8.53. The van der Waals surface area contributed by atoms with Crippen molar-refractivity contribution in [2.24, 2.45) is 5.92 Å². The van der Waals surface area contributed by atoms with Crippen molar-refractivity contribution in [1.29, 1.82) is 0 Å². The average Bonchev–Trinajstić information content (AvgIpc) is 2.38. The molecule has 0 aromatic carbocycles. The normalized spacial score (nSPS) is 23.5. The van der Waals surface area contributed by atoms with Gasteiger partial charge in [-0.25, -0.2) is 0 Å². The predicted molar refractivity (Wildman–Crippen MR) is 72.9 cm³/mol. The molecule has 0 spiro atoms. The summed E-state index contributed by atoms with van der Waals surface area (Å²) < 4.78 is 22.5. The minimum Gasteiger partial charge on any atom is -0.480 e. The second kappa shape index (κ2) is 7.88. The zero-order valence-electron chi connectivity index (χ0n) is 11.8. The van der Waals surface area contributed by atoms with E-state index in [0.717, 1.165) is 0 Å². The van der Waals surface area contributed by atoms with E-state index in [4.69, 9.17) is 14.2 Å². The molecule has 1 aliphatic heterocycles. The number of rotatable bonds is 8. The van der Waals surface area contributed by atoms with Crippen LogP contribution < -0.4 is 5.32 Å². The fraction of sp³-hybridized carbons (Fsp3) is 0.833. The number of piperidine rings is 1. The van der Waals surface area contributed by atoms with E-state index in [0.29, 0.717) is 19.4 Å². The SMILES string of the molecule is CCOP(=O)(CC(=O)[C@H]1CCCN[C@H]1C(=O)O)OCC. The van der Waals surface area contributed by atoms with Crippen molar-refractivity contribution in [1.82, 2.24) is 5.32 Å². The van der Waals surface area contributed by atoms with Crippen LogP contribution in [0.3, 0.4) is 0 Å². The van der Waals surface area contributed by atoms with E-state index in [1.54, 1.807) is 13.8 Å². The topological polar surface area (TPSA) is 102 Å². The summed E-state index contributed by atoms with van der Waals surface area (Å²) in [6.07, 6.45) is 0.819. The summed E-state index contributed by atoms with van der Waals surface area (Å²) in [5, 5.41) is 11.9. The molecule has 2 N–H and O–H groups in total. The predicted octanol–water partition coefficient (Wildman–Crippen LogP) is 1.27. The van der Waals surface area contributed by atoms with Crippen LogP contribution in [0.1, 0.15) is 26.7 Å². The number of nitrogens with one attached hydrogen (secondary N) is 1. The van der Waals surface area contributed by atoms with Crippen molar-refractivity contribution in [3.05, 3.63) is 0 Å². The van der Waals surface area contributed by atoms with Crippen LogP contribution >= 0.6 is 7.60 Å². The highest BCUT2D eigenvalue weighted by Gasteiger charge is 2.39. The third kappa shape index (κ3) is 4.66. The van der Waals surface area contributed by atoms with Crippen LogP contribution in [-0.4, -0.2) is 48.8 Å². The Balaban J connectivity index is 2.76. The largest absolute Gasteiger partial charge is 0.480 e. The standard InChI is InChI=1S/C12H22NO6P/c1-3-18-20(17,19-4-2)8-10(14)9-6-5-7-13-11(9)12(15)16/h9,11,13H,3-8H2,1-2H3,(H,15,16)/t9-,11-/m1/s1. The molecule has 1 aliphatic rings. The molecule has 1 fully saturated rings. The Labute approximate surface area is 118 Å². The molecule has 0 bridgehead atoms. The highest BCUT2D eigenvalue weighted by Crippen LogP contribution is 2.48. The maximum atomic E-state index is 12.3. The number of carboxylic acids is 1. The molecule has 0 saturated carbocycles. The molecule has 1 heterocycles. The molecule has 0 aromatic rings. The number of hydrogen-bond donors (Lipinski definition) is 2.